The number of halogens is 1. The number of aromatic nitrogens is 2. The van der Waals surface area contributed by atoms with Crippen molar-refractivity contribution in [2.24, 2.45) is 0 Å². The molecule has 0 saturated carbocycles. The first-order chi connectivity index (χ1) is 8.79. The molecule has 3 nitrogen and oxygen atoms in total. The van der Waals surface area contributed by atoms with E-state index in [1.807, 2.05) is 12.5 Å². The predicted octanol–water partition coefficient (Wildman–Crippen LogP) is 2.87. The Morgan fingerprint density at radius 2 is 2.33 bits per heavy atom. The number of aryl methyl sites for hydroxylation is 1. The molecule has 2 heterocycles. The van der Waals surface area contributed by atoms with Crippen molar-refractivity contribution < 1.29 is 4.74 Å². The van der Waals surface area contributed by atoms with E-state index in [1.54, 1.807) is 0 Å². The van der Waals surface area contributed by atoms with E-state index in [4.69, 9.17) is 4.74 Å². The van der Waals surface area contributed by atoms with Gasteiger partial charge in [-0.2, -0.15) is 0 Å². The van der Waals surface area contributed by atoms with Crippen LogP contribution in [0, 0.1) is 0 Å². The Morgan fingerprint density at radius 1 is 1.39 bits per heavy atom. The van der Waals surface area contributed by atoms with Crippen LogP contribution in [-0.4, -0.2) is 16.2 Å². The summed E-state index contributed by atoms with van der Waals surface area (Å²) in [6.45, 7) is 1.67. The van der Waals surface area contributed by atoms with Crippen molar-refractivity contribution in [2.45, 2.75) is 25.0 Å². The van der Waals surface area contributed by atoms with E-state index in [0.717, 1.165) is 30.5 Å². The molecule has 0 N–H and O–H groups in total. The molecule has 4 rings (SSSR count). The fraction of sp³-hybridized carbons (Fsp3) is 0.357. The van der Waals surface area contributed by atoms with Gasteiger partial charge in [-0.15, -0.1) is 0 Å². The van der Waals surface area contributed by atoms with Gasteiger partial charge in [0.05, 0.1) is 24.8 Å². The maximum atomic E-state index is 6.20. The molecule has 2 aliphatic rings. The second kappa shape index (κ2) is 3.68. The Balaban J connectivity index is 1.95. The van der Waals surface area contributed by atoms with Gasteiger partial charge in [0.2, 0.25) is 0 Å². The van der Waals surface area contributed by atoms with E-state index < -0.39 is 0 Å². The molecular formula is C14H13BrN2O. The summed E-state index contributed by atoms with van der Waals surface area (Å²) in [5.41, 5.74) is 3.64. The molecule has 0 saturated heterocycles. The molecular weight excluding hydrogens is 292 g/mol. The quantitative estimate of drug-likeness (QED) is 0.748. The molecule has 0 amide bonds. The van der Waals surface area contributed by atoms with Gasteiger partial charge in [0.25, 0.3) is 0 Å². The minimum Gasteiger partial charge on any atom is -0.362 e. The first kappa shape index (κ1) is 10.8. The lowest BCUT2D eigenvalue weighted by Gasteiger charge is -2.35. The SMILES string of the molecule is Brc1ccc2c(c1)CCC21OCCn2cncc21. The molecule has 1 aliphatic heterocycles. The molecule has 4 heteroatoms. The Hall–Kier alpha value is -1.13. The summed E-state index contributed by atoms with van der Waals surface area (Å²) in [6, 6.07) is 6.50. The van der Waals surface area contributed by atoms with Crippen LogP contribution in [0.15, 0.2) is 35.2 Å². The van der Waals surface area contributed by atoms with Crippen molar-refractivity contribution in [3.8, 4) is 0 Å². The molecule has 0 bridgehead atoms. The first-order valence-corrected chi connectivity index (χ1v) is 7.02. The summed E-state index contributed by atoms with van der Waals surface area (Å²) >= 11 is 3.54. The maximum Gasteiger partial charge on any atom is 0.135 e. The highest BCUT2D eigenvalue weighted by atomic mass is 79.9. The van der Waals surface area contributed by atoms with Crippen LogP contribution in [-0.2, 0) is 23.3 Å². The molecule has 1 aromatic heterocycles. The largest absolute Gasteiger partial charge is 0.362 e. The second-order valence-corrected chi connectivity index (χ2v) is 5.86. The third-order valence-electron chi connectivity index (χ3n) is 4.06. The lowest BCUT2D eigenvalue weighted by atomic mass is 9.91. The van der Waals surface area contributed by atoms with Crippen LogP contribution >= 0.6 is 15.9 Å². The van der Waals surface area contributed by atoms with Gasteiger partial charge in [-0.25, -0.2) is 4.98 Å². The summed E-state index contributed by atoms with van der Waals surface area (Å²) in [6.07, 6.45) is 5.96. The normalized spacial score (nSPS) is 25.2. The number of ether oxygens (including phenoxy) is 1. The van der Waals surface area contributed by atoms with Crippen molar-refractivity contribution in [1.82, 2.24) is 9.55 Å². The predicted molar refractivity (Wildman–Crippen MR) is 71.4 cm³/mol. The summed E-state index contributed by atoms with van der Waals surface area (Å²) < 4.78 is 9.57. The van der Waals surface area contributed by atoms with Crippen LogP contribution in [0.5, 0.6) is 0 Å². The number of hydrogen-bond acceptors (Lipinski definition) is 2. The van der Waals surface area contributed by atoms with E-state index in [0.29, 0.717) is 0 Å². The van der Waals surface area contributed by atoms with Crippen molar-refractivity contribution in [1.29, 1.82) is 0 Å². The molecule has 0 fully saturated rings. The highest BCUT2D eigenvalue weighted by Crippen LogP contribution is 2.46. The Bertz CT molecular complexity index is 622. The molecule has 0 radical (unpaired) electrons. The van der Waals surface area contributed by atoms with Crippen molar-refractivity contribution in [2.75, 3.05) is 6.61 Å². The van der Waals surface area contributed by atoms with Crippen LogP contribution < -0.4 is 0 Å². The molecule has 1 aliphatic carbocycles. The minimum absolute atomic E-state index is 0.259. The van der Waals surface area contributed by atoms with Crippen LogP contribution in [0.25, 0.3) is 0 Å². The zero-order chi connectivity index (χ0) is 12.2. The van der Waals surface area contributed by atoms with E-state index in [-0.39, 0.29) is 5.60 Å². The summed E-state index contributed by atoms with van der Waals surface area (Å²) in [5.74, 6) is 0. The number of fused-ring (bicyclic) bond motifs is 4. The van der Waals surface area contributed by atoms with Crippen LogP contribution in [0.1, 0.15) is 23.2 Å². The first-order valence-electron chi connectivity index (χ1n) is 6.23. The lowest BCUT2D eigenvalue weighted by Crippen LogP contribution is -2.37. The van der Waals surface area contributed by atoms with Gasteiger partial charge < -0.3 is 9.30 Å². The fourth-order valence-electron chi connectivity index (χ4n) is 3.25. The standard InChI is InChI=1S/C14H13BrN2O/c15-11-1-2-12-10(7-11)3-4-14(12)13-8-16-9-17(13)5-6-18-14/h1-2,7-9H,3-6H2. The van der Waals surface area contributed by atoms with Crippen LogP contribution in [0.2, 0.25) is 0 Å². The van der Waals surface area contributed by atoms with Gasteiger partial charge in [0, 0.05) is 11.0 Å². The zero-order valence-electron chi connectivity index (χ0n) is 9.90. The van der Waals surface area contributed by atoms with Crippen LogP contribution in [0.4, 0.5) is 0 Å². The molecule has 92 valence electrons. The summed E-state index contributed by atoms with van der Waals surface area (Å²) in [4.78, 5) is 4.29. The topological polar surface area (TPSA) is 27.1 Å². The molecule has 2 aromatic rings. The molecule has 1 unspecified atom stereocenters. The molecule has 1 atom stereocenters. The maximum absolute atomic E-state index is 6.20. The van der Waals surface area contributed by atoms with Gasteiger partial charge in [0.1, 0.15) is 5.60 Å². The molecule has 1 spiro atoms. The Labute approximate surface area is 114 Å². The van der Waals surface area contributed by atoms with Crippen molar-refractivity contribution in [3.05, 3.63) is 52.0 Å². The molecule has 1 aromatic carbocycles. The average molecular weight is 305 g/mol. The third kappa shape index (κ3) is 1.30. The highest BCUT2D eigenvalue weighted by Gasteiger charge is 2.45. The van der Waals surface area contributed by atoms with E-state index >= 15 is 0 Å². The number of nitrogens with zero attached hydrogens (tertiary/aromatic N) is 2. The van der Waals surface area contributed by atoms with Gasteiger partial charge in [-0.3, -0.25) is 0 Å². The monoisotopic (exact) mass is 304 g/mol. The summed E-state index contributed by atoms with van der Waals surface area (Å²) in [7, 11) is 0. The Morgan fingerprint density at radius 3 is 3.28 bits per heavy atom. The van der Waals surface area contributed by atoms with Crippen LogP contribution in [0.3, 0.4) is 0 Å². The van der Waals surface area contributed by atoms with Gasteiger partial charge >= 0.3 is 0 Å². The third-order valence-corrected chi connectivity index (χ3v) is 4.55. The Kier molecular flexibility index (Phi) is 2.20. The smallest absolute Gasteiger partial charge is 0.135 e. The average Bonchev–Trinajstić information content (AvgIpc) is 2.96. The number of hydrogen-bond donors (Lipinski definition) is 0. The zero-order valence-corrected chi connectivity index (χ0v) is 11.5. The van der Waals surface area contributed by atoms with E-state index in [2.05, 4.69) is 43.7 Å². The second-order valence-electron chi connectivity index (χ2n) is 4.95. The minimum atomic E-state index is -0.259. The fourth-order valence-corrected chi connectivity index (χ4v) is 3.66. The van der Waals surface area contributed by atoms with Crippen molar-refractivity contribution in [3.63, 3.8) is 0 Å². The highest BCUT2D eigenvalue weighted by molar-refractivity contribution is 9.10. The van der Waals surface area contributed by atoms with Crippen molar-refractivity contribution >= 4 is 15.9 Å². The lowest BCUT2D eigenvalue weighted by molar-refractivity contribution is -0.0457. The van der Waals surface area contributed by atoms with Gasteiger partial charge in [-0.1, -0.05) is 22.0 Å². The van der Waals surface area contributed by atoms with E-state index in [9.17, 15) is 0 Å². The van der Waals surface area contributed by atoms with Gasteiger partial charge in [0.15, 0.2) is 0 Å². The number of imidazole rings is 1. The van der Waals surface area contributed by atoms with E-state index in [1.165, 1.54) is 16.8 Å². The van der Waals surface area contributed by atoms with Gasteiger partial charge in [-0.05, 0) is 36.1 Å². The molecule has 18 heavy (non-hydrogen) atoms. The number of rotatable bonds is 0. The summed E-state index contributed by atoms with van der Waals surface area (Å²) in [5, 5.41) is 0. The number of benzene rings is 1.